The Kier molecular flexibility index (Phi) is 3.07. The summed E-state index contributed by atoms with van der Waals surface area (Å²) in [6.45, 7) is 3.91. The maximum Gasteiger partial charge on any atom is 0.191 e. The fourth-order valence-corrected chi connectivity index (χ4v) is 1.30. The monoisotopic (exact) mass is 189 g/mol. The molecule has 0 fully saturated rings. The molecule has 1 aromatic heterocycles. The Balaban J connectivity index is 0.000000980. The molecule has 0 saturated heterocycles. The Morgan fingerprint density at radius 1 is 1.21 bits per heavy atom. The fourth-order valence-electron chi connectivity index (χ4n) is 1.30. The summed E-state index contributed by atoms with van der Waals surface area (Å²) in [4.78, 5) is 4.26. The van der Waals surface area contributed by atoms with Gasteiger partial charge in [0.15, 0.2) is 5.89 Å². The number of aromatic nitrogens is 1. The highest BCUT2D eigenvalue weighted by Crippen LogP contribution is 2.18. The van der Waals surface area contributed by atoms with Crippen LogP contribution in [-0.2, 0) is 0 Å². The van der Waals surface area contributed by atoms with Gasteiger partial charge in [-0.1, -0.05) is 31.2 Å². The lowest BCUT2D eigenvalue weighted by molar-refractivity contribution is 0.521. The molecule has 2 heteroatoms. The van der Waals surface area contributed by atoms with E-state index in [9.17, 15) is 0 Å². The van der Waals surface area contributed by atoms with Crippen LogP contribution in [0.2, 0.25) is 0 Å². The van der Waals surface area contributed by atoms with E-state index in [2.05, 4.69) is 24.0 Å². The Bertz CT molecular complexity index is 418. The molecule has 2 nitrogen and oxygen atoms in total. The first-order chi connectivity index (χ1) is 6.25. The molecule has 0 N–H and O–H groups in total. The second kappa shape index (κ2) is 4.09. The largest absolute Gasteiger partial charge is 0.449 e. The molecule has 0 aliphatic rings. The minimum atomic E-state index is 0. The molecule has 0 unspecified atom stereocenters. The van der Waals surface area contributed by atoms with Crippen LogP contribution in [0.25, 0.3) is 11.3 Å². The van der Waals surface area contributed by atoms with E-state index in [0.717, 1.165) is 11.3 Å². The van der Waals surface area contributed by atoms with Crippen molar-refractivity contribution in [2.45, 2.75) is 21.3 Å². The van der Waals surface area contributed by atoms with E-state index in [1.54, 1.807) is 6.26 Å². The molecule has 0 saturated carbocycles. The number of oxazole rings is 1. The predicted octanol–water partition coefficient (Wildman–Crippen LogP) is 3.59. The van der Waals surface area contributed by atoms with Crippen LogP contribution < -0.4 is 0 Å². The van der Waals surface area contributed by atoms with E-state index < -0.39 is 0 Å². The summed E-state index contributed by atoms with van der Waals surface area (Å²) >= 11 is 0. The summed E-state index contributed by atoms with van der Waals surface area (Å²) in [5.74, 6) is 0.705. The Morgan fingerprint density at radius 2 is 2.00 bits per heavy atom. The van der Waals surface area contributed by atoms with E-state index in [1.165, 1.54) is 5.56 Å². The van der Waals surface area contributed by atoms with E-state index in [4.69, 9.17) is 4.42 Å². The standard InChI is InChI=1S/C11H11NO.CH4/c1-8-4-3-5-10(6-8)11-7-13-9(2)12-11;/h3-7H,1-2H3;1H4. The smallest absolute Gasteiger partial charge is 0.191 e. The van der Waals surface area contributed by atoms with Crippen molar-refractivity contribution >= 4 is 0 Å². The maximum atomic E-state index is 5.15. The van der Waals surface area contributed by atoms with E-state index >= 15 is 0 Å². The average Bonchev–Trinajstić information content (AvgIpc) is 2.52. The minimum absolute atomic E-state index is 0. The third kappa shape index (κ3) is 2.02. The number of hydrogen-bond acceptors (Lipinski definition) is 2. The van der Waals surface area contributed by atoms with Gasteiger partial charge in [-0.2, -0.15) is 0 Å². The van der Waals surface area contributed by atoms with Gasteiger partial charge in [0.25, 0.3) is 0 Å². The summed E-state index contributed by atoms with van der Waals surface area (Å²) in [5.41, 5.74) is 3.25. The van der Waals surface area contributed by atoms with Crippen molar-refractivity contribution in [2.24, 2.45) is 0 Å². The first-order valence-electron chi connectivity index (χ1n) is 4.25. The number of benzene rings is 1. The lowest BCUT2D eigenvalue weighted by Gasteiger charge is -1.96. The summed E-state index contributed by atoms with van der Waals surface area (Å²) in [5, 5.41) is 0. The predicted molar refractivity (Wildman–Crippen MR) is 58.1 cm³/mol. The highest BCUT2D eigenvalue weighted by Gasteiger charge is 2.01. The highest BCUT2D eigenvalue weighted by molar-refractivity contribution is 5.58. The summed E-state index contributed by atoms with van der Waals surface area (Å²) < 4.78 is 5.15. The van der Waals surface area contributed by atoms with E-state index in [-0.39, 0.29) is 7.43 Å². The normalized spacial score (nSPS) is 9.57. The van der Waals surface area contributed by atoms with Crippen molar-refractivity contribution in [1.82, 2.24) is 4.98 Å². The van der Waals surface area contributed by atoms with Crippen LogP contribution in [0, 0.1) is 13.8 Å². The van der Waals surface area contributed by atoms with Crippen molar-refractivity contribution in [1.29, 1.82) is 0 Å². The molecule has 0 aliphatic carbocycles. The van der Waals surface area contributed by atoms with Crippen molar-refractivity contribution in [3.63, 3.8) is 0 Å². The zero-order valence-electron chi connectivity index (χ0n) is 7.74. The van der Waals surface area contributed by atoms with Gasteiger partial charge in [0.05, 0.1) is 0 Å². The molecule has 1 aromatic carbocycles. The summed E-state index contributed by atoms with van der Waals surface area (Å²) in [6.07, 6.45) is 1.68. The molecule has 0 radical (unpaired) electrons. The Hall–Kier alpha value is -1.57. The lowest BCUT2D eigenvalue weighted by atomic mass is 10.1. The van der Waals surface area contributed by atoms with Gasteiger partial charge in [-0.25, -0.2) is 4.98 Å². The molecule has 2 rings (SSSR count). The molecule has 0 aliphatic heterocycles. The molecule has 0 bridgehead atoms. The quantitative estimate of drug-likeness (QED) is 0.685. The zero-order chi connectivity index (χ0) is 9.26. The molecule has 14 heavy (non-hydrogen) atoms. The molecule has 1 heterocycles. The highest BCUT2D eigenvalue weighted by atomic mass is 16.3. The van der Waals surface area contributed by atoms with Gasteiger partial charge < -0.3 is 4.42 Å². The molecular weight excluding hydrogens is 174 g/mol. The van der Waals surface area contributed by atoms with Crippen LogP contribution in [0.3, 0.4) is 0 Å². The SMILES string of the molecule is C.Cc1cccc(-c2coc(C)n2)c1. The van der Waals surface area contributed by atoms with Crippen molar-refractivity contribution in [3.8, 4) is 11.3 Å². The first-order valence-corrected chi connectivity index (χ1v) is 4.25. The zero-order valence-corrected chi connectivity index (χ0v) is 7.74. The van der Waals surface area contributed by atoms with E-state index in [0.29, 0.717) is 5.89 Å². The molecule has 0 amide bonds. The van der Waals surface area contributed by atoms with Gasteiger partial charge in [-0.15, -0.1) is 0 Å². The molecule has 2 aromatic rings. The molecule has 0 atom stereocenters. The number of nitrogens with zero attached hydrogens (tertiary/aromatic N) is 1. The minimum Gasteiger partial charge on any atom is -0.449 e. The maximum absolute atomic E-state index is 5.15. The van der Waals surface area contributed by atoms with Gasteiger partial charge in [-0.05, 0) is 13.0 Å². The third-order valence-corrected chi connectivity index (χ3v) is 1.93. The Labute approximate surface area is 84.6 Å². The number of aryl methyl sites for hydroxylation is 2. The van der Waals surface area contributed by atoms with E-state index in [1.807, 2.05) is 19.1 Å². The van der Waals surface area contributed by atoms with Crippen LogP contribution in [0.15, 0.2) is 34.9 Å². The van der Waals surface area contributed by atoms with Crippen LogP contribution in [-0.4, -0.2) is 4.98 Å². The third-order valence-electron chi connectivity index (χ3n) is 1.93. The molecular formula is C12H15NO. The Morgan fingerprint density at radius 3 is 2.57 bits per heavy atom. The van der Waals surface area contributed by atoms with Crippen LogP contribution in [0.5, 0.6) is 0 Å². The number of rotatable bonds is 1. The van der Waals surface area contributed by atoms with Crippen molar-refractivity contribution < 1.29 is 4.42 Å². The second-order valence-corrected chi connectivity index (χ2v) is 3.12. The summed E-state index contributed by atoms with van der Waals surface area (Å²) in [6, 6.07) is 8.21. The van der Waals surface area contributed by atoms with Gasteiger partial charge >= 0.3 is 0 Å². The first kappa shape index (κ1) is 10.5. The van der Waals surface area contributed by atoms with Gasteiger partial charge in [-0.3, -0.25) is 0 Å². The summed E-state index contributed by atoms with van der Waals surface area (Å²) in [7, 11) is 0. The lowest BCUT2D eigenvalue weighted by Crippen LogP contribution is -1.79. The molecule has 74 valence electrons. The second-order valence-electron chi connectivity index (χ2n) is 3.12. The van der Waals surface area contributed by atoms with Crippen molar-refractivity contribution in [3.05, 3.63) is 42.0 Å². The van der Waals surface area contributed by atoms with Crippen molar-refractivity contribution in [2.75, 3.05) is 0 Å². The number of hydrogen-bond donors (Lipinski definition) is 0. The van der Waals surface area contributed by atoms with Gasteiger partial charge in [0, 0.05) is 12.5 Å². The topological polar surface area (TPSA) is 26.0 Å². The van der Waals surface area contributed by atoms with Crippen LogP contribution >= 0.6 is 0 Å². The van der Waals surface area contributed by atoms with Crippen LogP contribution in [0.4, 0.5) is 0 Å². The van der Waals surface area contributed by atoms with Gasteiger partial charge in [0.2, 0.25) is 0 Å². The van der Waals surface area contributed by atoms with Gasteiger partial charge in [0.1, 0.15) is 12.0 Å². The van der Waals surface area contributed by atoms with Crippen LogP contribution in [0.1, 0.15) is 18.9 Å². The average molecular weight is 189 g/mol. The fraction of sp³-hybridized carbons (Fsp3) is 0.250. The molecule has 0 spiro atoms.